The zero-order valence-corrected chi connectivity index (χ0v) is 20.5. The maximum atomic E-state index is 12.3. The van der Waals surface area contributed by atoms with Crippen LogP contribution in [-0.4, -0.2) is 54.3 Å². The second kappa shape index (κ2) is 12.6. The van der Waals surface area contributed by atoms with Crippen LogP contribution in [0.1, 0.15) is 70.6 Å². The Hall–Kier alpha value is -4.01. The number of amides is 3. The number of hydrogen-bond donors (Lipinski definition) is 1. The predicted octanol–water partition coefficient (Wildman–Crippen LogP) is 3.84. The number of unbranched alkanes of at least 4 members (excludes halogenated alkanes) is 2. The summed E-state index contributed by atoms with van der Waals surface area (Å²) in [4.78, 5) is 61.8. The van der Waals surface area contributed by atoms with Crippen molar-refractivity contribution in [1.82, 2.24) is 4.90 Å². The van der Waals surface area contributed by atoms with Gasteiger partial charge in [-0.05, 0) is 55.2 Å². The van der Waals surface area contributed by atoms with Gasteiger partial charge in [0.15, 0.2) is 6.61 Å². The lowest BCUT2D eigenvalue weighted by Gasteiger charge is -2.13. The number of carbonyl (C=O) groups is 5. The standard InChI is InChI=1S/C27H30N2O7/c1-18(2)16-36-27(34)19-11-13-20(14-12-19)28-23(30)17-35-24(31)10-4-3-7-15-29-25(32)21-8-5-6-9-22(21)26(29)33/h5-6,8-9,11-14,18H,3-4,7,10,15-17H2,1-2H3,(H,28,30). The van der Waals surface area contributed by atoms with Gasteiger partial charge in [0.25, 0.3) is 17.7 Å². The molecular weight excluding hydrogens is 464 g/mol. The van der Waals surface area contributed by atoms with Crippen LogP contribution in [0, 0.1) is 5.92 Å². The molecule has 3 rings (SSSR count). The van der Waals surface area contributed by atoms with Gasteiger partial charge in [-0.1, -0.05) is 32.4 Å². The smallest absolute Gasteiger partial charge is 0.338 e. The van der Waals surface area contributed by atoms with Gasteiger partial charge in [0.2, 0.25) is 0 Å². The fraction of sp³-hybridized carbons (Fsp3) is 0.370. The Kier molecular flexibility index (Phi) is 9.32. The first-order valence-corrected chi connectivity index (χ1v) is 11.9. The van der Waals surface area contributed by atoms with Crippen molar-refractivity contribution in [3.05, 3.63) is 65.2 Å². The summed E-state index contributed by atoms with van der Waals surface area (Å²) in [6.45, 7) is 4.08. The molecule has 0 radical (unpaired) electrons. The van der Waals surface area contributed by atoms with Crippen molar-refractivity contribution in [2.45, 2.75) is 39.5 Å². The predicted molar refractivity (Wildman–Crippen MR) is 131 cm³/mol. The van der Waals surface area contributed by atoms with Crippen molar-refractivity contribution >= 4 is 35.3 Å². The quantitative estimate of drug-likeness (QED) is 0.270. The molecule has 0 saturated heterocycles. The van der Waals surface area contributed by atoms with E-state index in [1.54, 1.807) is 48.5 Å². The molecule has 1 N–H and O–H groups in total. The van der Waals surface area contributed by atoms with E-state index >= 15 is 0 Å². The lowest BCUT2D eigenvalue weighted by atomic mass is 10.1. The highest BCUT2D eigenvalue weighted by Gasteiger charge is 2.34. The molecule has 1 heterocycles. The number of fused-ring (bicyclic) bond motifs is 1. The van der Waals surface area contributed by atoms with Gasteiger partial charge in [-0.3, -0.25) is 24.1 Å². The molecule has 9 nitrogen and oxygen atoms in total. The Labute approximate surface area is 209 Å². The summed E-state index contributed by atoms with van der Waals surface area (Å²) < 4.78 is 10.2. The van der Waals surface area contributed by atoms with E-state index in [9.17, 15) is 24.0 Å². The maximum absolute atomic E-state index is 12.3. The van der Waals surface area contributed by atoms with E-state index in [4.69, 9.17) is 9.47 Å². The largest absolute Gasteiger partial charge is 0.462 e. The monoisotopic (exact) mass is 494 g/mol. The van der Waals surface area contributed by atoms with Crippen molar-refractivity contribution in [3.63, 3.8) is 0 Å². The van der Waals surface area contributed by atoms with Gasteiger partial charge in [-0.2, -0.15) is 0 Å². The number of nitrogens with zero attached hydrogens (tertiary/aromatic N) is 1. The van der Waals surface area contributed by atoms with Crippen molar-refractivity contribution in [3.8, 4) is 0 Å². The summed E-state index contributed by atoms with van der Waals surface area (Å²) in [5.41, 5.74) is 1.68. The van der Waals surface area contributed by atoms with E-state index in [0.717, 1.165) is 0 Å². The minimum absolute atomic E-state index is 0.128. The molecule has 0 fully saturated rings. The molecule has 0 unspecified atom stereocenters. The van der Waals surface area contributed by atoms with Gasteiger partial charge in [-0.15, -0.1) is 0 Å². The lowest BCUT2D eigenvalue weighted by molar-refractivity contribution is -0.147. The number of hydrogen-bond acceptors (Lipinski definition) is 7. The van der Waals surface area contributed by atoms with Gasteiger partial charge in [0.1, 0.15) is 0 Å². The molecule has 0 aromatic heterocycles. The Bertz CT molecular complexity index is 1090. The van der Waals surface area contributed by atoms with E-state index in [1.807, 2.05) is 13.8 Å². The first kappa shape index (κ1) is 26.6. The molecule has 0 saturated carbocycles. The number of anilines is 1. The van der Waals surface area contributed by atoms with E-state index in [1.165, 1.54) is 4.90 Å². The second-order valence-electron chi connectivity index (χ2n) is 8.90. The van der Waals surface area contributed by atoms with Crippen LogP contribution in [0.3, 0.4) is 0 Å². The SMILES string of the molecule is CC(C)COC(=O)c1ccc(NC(=O)COC(=O)CCCCCN2C(=O)c3ccccc3C2=O)cc1. The van der Waals surface area contributed by atoms with Gasteiger partial charge >= 0.3 is 11.9 Å². The van der Waals surface area contributed by atoms with Gasteiger partial charge < -0.3 is 14.8 Å². The minimum atomic E-state index is -0.505. The zero-order valence-electron chi connectivity index (χ0n) is 20.5. The van der Waals surface area contributed by atoms with Crippen molar-refractivity contribution in [2.75, 3.05) is 25.1 Å². The van der Waals surface area contributed by atoms with Gasteiger partial charge in [-0.25, -0.2) is 4.79 Å². The minimum Gasteiger partial charge on any atom is -0.462 e. The Balaban J connectivity index is 1.29. The van der Waals surface area contributed by atoms with Crippen LogP contribution in [0.25, 0.3) is 0 Å². The number of benzene rings is 2. The van der Waals surface area contributed by atoms with E-state index in [2.05, 4.69) is 5.32 Å². The highest BCUT2D eigenvalue weighted by molar-refractivity contribution is 6.21. The van der Waals surface area contributed by atoms with Crippen LogP contribution in [0.2, 0.25) is 0 Å². The van der Waals surface area contributed by atoms with Crippen LogP contribution < -0.4 is 5.32 Å². The van der Waals surface area contributed by atoms with E-state index in [0.29, 0.717) is 48.2 Å². The highest BCUT2D eigenvalue weighted by Crippen LogP contribution is 2.22. The topological polar surface area (TPSA) is 119 Å². The highest BCUT2D eigenvalue weighted by atomic mass is 16.5. The number of ether oxygens (including phenoxy) is 2. The molecule has 2 aromatic rings. The third kappa shape index (κ3) is 7.24. The fourth-order valence-corrected chi connectivity index (χ4v) is 3.59. The summed E-state index contributed by atoms with van der Waals surface area (Å²) in [5.74, 6) is -1.78. The first-order valence-electron chi connectivity index (χ1n) is 11.9. The third-order valence-electron chi connectivity index (χ3n) is 5.46. The summed E-state index contributed by atoms with van der Waals surface area (Å²) >= 11 is 0. The number of imide groups is 1. The Morgan fingerprint density at radius 1 is 0.861 bits per heavy atom. The molecule has 0 bridgehead atoms. The fourth-order valence-electron chi connectivity index (χ4n) is 3.59. The Morgan fingerprint density at radius 3 is 2.11 bits per heavy atom. The molecule has 1 aliphatic heterocycles. The summed E-state index contributed by atoms with van der Waals surface area (Å²) in [6, 6.07) is 13.0. The second-order valence-corrected chi connectivity index (χ2v) is 8.90. The third-order valence-corrected chi connectivity index (χ3v) is 5.46. The van der Waals surface area contributed by atoms with Crippen LogP contribution in [0.15, 0.2) is 48.5 Å². The summed E-state index contributed by atoms with van der Waals surface area (Å²) in [6.07, 6.45) is 1.83. The molecule has 3 amide bonds. The lowest BCUT2D eigenvalue weighted by Crippen LogP contribution is -2.30. The summed E-state index contributed by atoms with van der Waals surface area (Å²) in [7, 11) is 0. The van der Waals surface area contributed by atoms with Crippen LogP contribution in [-0.2, 0) is 19.1 Å². The molecule has 1 aliphatic rings. The van der Waals surface area contributed by atoms with Crippen molar-refractivity contribution < 1.29 is 33.4 Å². The normalized spacial score (nSPS) is 12.5. The number of esters is 2. The summed E-state index contributed by atoms with van der Waals surface area (Å²) in [5, 5.41) is 2.60. The molecule has 0 aliphatic carbocycles. The van der Waals surface area contributed by atoms with Crippen LogP contribution >= 0.6 is 0 Å². The van der Waals surface area contributed by atoms with Crippen LogP contribution in [0.5, 0.6) is 0 Å². The molecule has 0 atom stereocenters. The molecule has 36 heavy (non-hydrogen) atoms. The van der Waals surface area contributed by atoms with Crippen LogP contribution in [0.4, 0.5) is 5.69 Å². The number of rotatable bonds is 12. The molecule has 190 valence electrons. The average Bonchev–Trinajstić information content (AvgIpc) is 3.11. The number of nitrogens with one attached hydrogen (secondary N) is 1. The molecule has 9 heteroatoms. The average molecular weight is 495 g/mol. The molecule has 2 aromatic carbocycles. The molecule has 0 spiro atoms. The molecular formula is C27H30N2O7. The van der Waals surface area contributed by atoms with E-state index in [-0.39, 0.29) is 30.7 Å². The van der Waals surface area contributed by atoms with Gasteiger partial charge in [0.05, 0.1) is 23.3 Å². The van der Waals surface area contributed by atoms with Crippen molar-refractivity contribution in [2.24, 2.45) is 5.92 Å². The Morgan fingerprint density at radius 2 is 1.50 bits per heavy atom. The first-order chi connectivity index (χ1) is 17.3. The zero-order chi connectivity index (χ0) is 26.1. The maximum Gasteiger partial charge on any atom is 0.338 e. The van der Waals surface area contributed by atoms with E-state index < -0.39 is 24.5 Å². The number of carbonyl (C=O) groups excluding carboxylic acids is 5. The van der Waals surface area contributed by atoms with Crippen molar-refractivity contribution in [1.29, 1.82) is 0 Å². The van der Waals surface area contributed by atoms with Gasteiger partial charge in [0, 0.05) is 18.7 Å².